The molecule has 1 atom stereocenters. The summed E-state index contributed by atoms with van der Waals surface area (Å²) in [5.41, 5.74) is 0. The third-order valence-electron chi connectivity index (χ3n) is 0.870. The summed E-state index contributed by atoms with van der Waals surface area (Å²) < 4.78 is 5.13. The highest BCUT2D eigenvalue weighted by atomic mass is 32.1. The molecule has 0 rings (SSSR count). The van der Waals surface area contributed by atoms with Crippen LogP contribution in [0.15, 0.2) is 4.99 Å². The lowest BCUT2D eigenvalue weighted by atomic mass is 10.5. The van der Waals surface area contributed by atoms with E-state index in [9.17, 15) is 0 Å². The summed E-state index contributed by atoms with van der Waals surface area (Å²) in [7, 11) is 1.71. The van der Waals surface area contributed by atoms with Gasteiger partial charge in [0.25, 0.3) is 0 Å². The molecule has 0 saturated carbocycles. The zero-order valence-electron chi connectivity index (χ0n) is 6.09. The summed E-state index contributed by atoms with van der Waals surface area (Å²) in [6, 6.07) is 0. The van der Waals surface area contributed by atoms with Crippen molar-refractivity contribution in [2.24, 2.45) is 4.99 Å². The molecule has 0 heterocycles. The van der Waals surface area contributed by atoms with Crippen molar-refractivity contribution in [3.63, 3.8) is 0 Å². The van der Waals surface area contributed by atoms with Gasteiger partial charge in [-0.1, -0.05) is 0 Å². The van der Waals surface area contributed by atoms with Crippen LogP contribution in [0.3, 0.4) is 0 Å². The van der Waals surface area contributed by atoms with Crippen LogP contribution in [-0.4, -0.2) is 24.8 Å². The Bertz CT molecular complexity index is 101. The van der Waals surface area contributed by atoms with E-state index in [0.29, 0.717) is 12.5 Å². The molecule has 2 nitrogen and oxygen atoms in total. The van der Waals surface area contributed by atoms with E-state index in [1.807, 2.05) is 13.8 Å². The normalized spacial score (nSPS) is 15.3. The van der Waals surface area contributed by atoms with Gasteiger partial charge in [-0.3, -0.25) is 4.99 Å². The highest BCUT2D eigenvalue weighted by Crippen LogP contribution is 1.97. The van der Waals surface area contributed by atoms with Crippen LogP contribution < -0.4 is 0 Å². The van der Waals surface area contributed by atoms with E-state index in [1.165, 1.54) is 0 Å². The molecule has 0 aromatic heterocycles. The monoisotopic (exact) mass is 147 g/mol. The predicted octanol–water partition coefficient (Wildman–Crippen LogP) is 1.37. The van der Waals surface area contributed by atoms with Crippen molar-refractivity contribution < 1.29 is 4.74 Å². The second kappa shape index (κ2) is 4.68. The summed E-state index contributed by atoms with van der Waals surface area (Å²) in [4.78, 5) is 3.90. The van der Waals surface area contributed by atoms with Crippen LogP contribution in [-0.2, 0) is 4.74 Å². The van der Waals surface area contributed by atoms with E-state index in [4.69, 9.17) is 4.74 Å². The molecule has 54 valence electrons. The van der Waals surface area contributed by atoms with E-state index < -0.39 is 0 Å². The number of thiol groups is 1. The number of aliphatic imine (C=N–C) groups is 1. The highest BCUT2D eigenvalue weighted by Gasteiger charge is 2.03. The standard InChI is InChI=1S/C6H13NOS/c1-4-8-6(7-3)5(2)9/h5,9H,4H2,1-3H3. The minimum atomic E-state index is 0.106. The number of rotatable bonds is 2. The fourth-order valence-corrected chi connectivity index (χ4v) is 0.710. The molecule has 0 aliphatic heterocycles. The lowest BCUT2D eigenvalue weighted by molar-refractivity contribution is 0.319. The van der Waals surface area contributed by atoms with Crippen LogP contribution in [0.25, 0.3) is 0 Å². The smallest absolute Gasteiger partial charge is 0.195 e. The van der Waals surface area contributed by atoms with Gasteiger partial charge in [0.1, 0.15) is 0 Å². The van der Waals surface area contributed by atoms with Crippen LogP contribution >= 0.6 is 12.6 Å². The molecule has 0 aliphatic rings. The van der Waals surface area contributed by atoms with E-state index in [2.05, 4.69) is 17.6 Å². The van der Waals surface area contributed by atoms with Gasteiger partial charge in [-0.15, -0.1) is 0 Å². The zero-order chi connectivity index (χ0) is 7.28. The summed E-state index contributed by atoms with van der Waals surface area (Å²) in [5, 5.41) is 0.106. The molecule has 0 aromatic carbocycles. The van der Waals surface area contributed by atoms with Gasteiger partial charge in [0.05, 0.1) is 11.9 Å². The fraction of sp³-hybridized carbons (Fsp3) is 0.833. The van der Waals surface area contributed by atoms with Gasteiger partial charge in [0.2, 0.25) is 0 Å². The van der Waals surface area contributed by atoms with E-state index >= 15 is 0 Å². The molecule has 0 spiro atoms. The Hall–Kier alpha value is -0.180. The number of ether oxygens (including phenoxy) is 1. The topological polar surface area (TPSA) is 21.6 Å². The Balaban J connectivity index is 3.70. The summed E-state index contributed by atoms with van der Waals surface area (Å²) in [6.45, 7) is 4.53. The van der Waals surface area contributed by atoms with Crippen molar-refractivity contribution in [3.05, 3.63) is 0 Å². The third-order valence-corrected chi connectivity index (χ3v) is 1.09. The lowest BCUT2D eigenvalue weighted by Gasteiger charge is -2.07. The molecule has 9 heavy (non-hydrogen) atoms. The van der Waals surface area contributed by atoms with Gasteiger partial charge in [0.15, 0.2) is 5.90 Å². The first-order valence-electron chi connectivity index (χ1n) is 2.99. The van der Waals surface area contributed by atoms with Crippen LogP contribution in [0.2, 0.25) is 0 Å². The first kappa shape index (κ1) is 8.82. The summed E-state index contributed by atoms with van der Waals surface area (Å²) >= 11 is 4.15. The Morgan fingerprint density at radius 1 is 1.78 bits per heavy atom. The fourth-order valence-electron chi connectivity index (χ4n) is 0.520. The van der Waals surface area contributed by atoms with Gasteiger partial charge >= 0.3 is 0 Å². The summed E-state index contributed by atoms with van der Waals surface area (Å²) in [6.07, 6.45) is 0. The molecule has 0 aliphatic carbocycles. The second-order valence-electron chi connectivity index (χ2n) is 1.67. The molecular formula is C6H13NOS. The Labute approximate surface area is 61.7 Å². The molecular weight excluding hydrogens is 134 g/mol. The van der Waals surface area contributed by atoms with Crippen molar-refractivity contribution in [2.45, 2.75) is 19.1 Å². The number of hydrogen-bond acceptors (Lipinski definition) is 3. The SMILES string of the molecule is CCOC(=NC)C(C)S. The molecule has 0 fully saturated rings. The maximum absolute atomic E-state index is 5.13. The number of nitrogens with zero attached hydrogens (tertiary/aromatic N) is 1. The van der Waals surface area contributed by atoms with E-state index in [-0.39, 0.29) is 5.25 Å². The second-order valence-corrected chi connectivity index (χ2v) is 2.45. The Morgan fingerprint density at radius 3 is 2.44 bits per heavy atom. The maximum Gasteiger partial charge on any atom is 0.195 e. The van der Waals surface area contributed by atoms with Crippen LogP contribution in [0.4, 0.5) is 0 Å². The van der Waals surface area contributed by atoms with Crippen LogP contribution in [0, 0.1) is 0 Å². The first-order valence-corrected chi connectivity index (χ1v) is 3.51. The third kappa shape index (κ3) is 3.40. The molecule has 0 N–H and O–H groups in total. The van der Waals surface area contributed by atoms with Crippen molar-refractivity contribution in [1.29, 1.82) is 0 Å². The minimum absolute atomic E-state index is 0.106. The van der Waals surface area contributed by atoms with Crippen LogP contribution in [0.1, 0.15) is 13.8 Å². The largest absolute Gasteiger partial charge is 0.481 e. The minimum Gasteiger partial charge on any atom is -0.481 e. The Kier molecular flexibility index (Phi) is 4.58. The lowest BCUT2D eigenvalue weighted by Crippen LogP contribution is -2.14. The molecule has 0 bridgehead atoms. The molecule has 0 radical (unpaired) electrons. The molecule has 1 unspecified atom stereocenters. The first-order chi connectivity index (χ1) is 4.22. The molecule has 0 amide bonds. The van der Waals surface area contributed by atoms with Crippen molar-refractivity contribution in [2.75, 3.05) is 13.7 Å². The number of hydrogen-bond donors (Lipinski definition) is 1. The quantitative estimate of drug-likeness (QED) is 0.355. The van der Waals surface area contributed by atoms with Gasteiger partial charge in [-0.2, -0.15) is 12.6 Å². The molecule has 0 aromatic rings. The zero-order valence-corrected chi connectivity index (χ0v) is 6.98. The highest BCUT2D eigenvalue weighted by molar-refractivity contribution is 7.81. The average molecular weight is 147 g/mol. The van der Waals surface area contributed by atoms with Gasteiger partial charge in [-0.25, -0.2) is 0 Å². The molecule has 3 heteroatoms. The van der Waals surface area contributed by atoms with Crippen molar-refractivity contribution >= 4 is 18.5 Å². The molecule has 0 saturated heterocycles. The van der Waals surface area contributed by atoms with E-state index in [1.54, 1.807) is 7.05 Å². The van der Waals surface area contributed by atoms with Gasteiger partial charge in [-0.05, 0) is 13.8 Å². The Morgan fingerprint density at radius 2 is 2.33 bits per heavy atom. The average Bonchev–Trinajstić information content (AvgIpc) is 1.82. The van der Waals surface area contributed by atoms with Crippen molar-refractivity contribution in [3.8, 4) is 0 Å². The van der Waals surface area contributed by atoms with Crippen LogP contribution in [0.5, 0.6) is 0 Å². The maximum atomic E-state index is 5.13. The van der Waals surface area contributed by atoms with Crippen molar-refractivity contribution in [1.82, 2.24) is 0 Å². The van der Waals surface area contributed by atoms with Gasteiger partial charge in [0, 0.05) is 7.05 Å². The van der Waals surface area contributed by atoms with Gasteiger partial charge < -0.3 is 4.74 Å². The predicted molar refractivity (Wildman–Crippen MR) is 43.4 cm³/mol. The summed E-state index contributed by atoms with van der Waals surface area (Å²) in [5.74, 6) is 0.709. The van der Waals surface area contributed by atoms with E-state index in [0.717, 1.165) is 0 Å².